The Morgan fingerprint density at radius 1 is 1.29 bits per heavy atom. The van der Waals surface area contributed by atoms with Crippen molar-refractivity contribution >= 4 is 29.5 Å². The number of carbonyl (C=O) groups is 4. The summed E-state index contributed by atoms with van der Waals surface area (Å²) in [7, 11) is 0. The fraction of sp³-hybridized carbons (Fsp3) is 0.421. The van der Waals surface area contributed by atoms with Gasteiger partial charge in [0.2, 0.25) is 0 Å². The second-order valence-electron chi connectivity index (χ2n) is 6.39. The number of ether oxygens (including phenoxy) is 1. The van der Waals surface area contributed by atoms with E-state index in [0.717, 1.165) is 4.90 Å². The van der Waals surface area contributed by atoms with Crippen molar-refractivity contribution in [2.45, 2.75) is 45.3 Å². The van der Waals surface area contributed by atoms with Crippen molar-refractivity contribution in [3.8, 4) is 6.07 Å². The number of rotatable bonds is 7. The van der Waals surface area contributed by atoms with Gasteiger partial charge in [0, 0.05) is 0 Å². The van der Waals surface area contributed by atoms with Crippen molar-refractivity contribution in [2.75, 3.05) is 11.9 Å². The van der Waals surface area contributed by atoms with Crippen molar-refractivity contribution in [3.05, 3.63) is 29.8 Å². The number of esters is 1. The molecule has 0 saturated carbocycles. The third-order valence-corrected chi connectivity index (χ3v) is 4.72. The Kier molecular flexibility index (Phi) is 6.36. The summed E-state index contributed by atoms with van der Waals surface area (Å²) in [5.41, 5.74) is -0.451. The highest BCUT2D eigenvalue weighted by Gasteiger charge is 2.49. The highest BCUT2D eigenvalue weighted by atomic mass is 16.5. The van der Waals surface area contributed by atoms with Crippen LogP contribution in [-0.4, -0.2) is 46.9 Å². The van der Waals surface area contributed by atoms with Gasteiger partial charge in [-0.2, -0.15) is 5.26 Å². The quantitative estimate of drug-likeness (QED) is 0.540. The first kappa shape index (κ1) is 20.9. The number of hydrogen-bond acceptors (Lipinski definition) is 6. The number of nitriles is 1. The lowest BCUT2D eigenvalue weighted by atomic mass is 9.93. The van der Waals surface area contributed by atoms with Gasteiger partial charge in [0.25, 0.3) is 11.8 Å². The molecule has 9 nitrogen and oxygen atoms in total. The fourth-order valence-corrected chi connectivity index (χ4v) is 2.89. The van der Waals surface area contributed by atoms with E-state index in [1.165, 1.54) is 13.0 Å². The van der Waals surface area contributed by atoms with E-state index in [0.29, 0.717) is 18.5 Å². The van der Waals surface area contributed by atoms with Crippen LogP contribution in [0.2, 0.25) is 0 Å². The molecular weight excluding hydrogens is 364 g/mol. The predicted molar refractivity (Wildman–Crippen MR) is 98.9 cm³/mol. The SMILES string of the molecule is CCC1(CC)NC(=O)N(CC(=O)O[C@@H](C)C(=O)Nc2ccccc2C#N)C1=O. The molecule has 9 heteroatoms. The minimum absolute atomic E-state index is 0.268. The molecular formula is C19H22N4O5. The van der Waals surface area contributed by atoms with Gasteiger partial charge < -0.3 is 15.4 Å². The number of hydrogen-bond donors (Lipinski definition) is 2. The number of carbonyl (C=O) groups excluding carboxylic acids is 4. The molecule has 1 aliphatic rings. The third kappa shape index (κ3) is 4.11. The number of amides is 4. The molecule has 0 bridgehead atoms. The molecule has 1 aromatic carbocycles. The highest BCUT2D eigenvalue weighted by Crippen LogP contribution is 2.24. The molecule has 1 saturated heterocycles. The first-order chi connectivity index (χ1) is 13.3. The summed E-state index contributed by atoms with van der Waals surface area (Å²) in [6, 6.07) is 7.68. The summed E-state index contributed by atoms with van der Waals surface area (Å²) < 4.78 is 5.04. The topological polar surface area (TPSA) is 129 Å². The second-order valence-corrected chi connectivity index (χ2v) is 6.39. The first-order valence-corrected chi connectivity index (χ1v) is 8.91. The van der Waals surface area contributed by atoms with E-state index in [1.54, 1.807) is 32.0 Å². The van der Waals surface area contributed by atoms with Crippen LogP contribution in [0.3, 0.4) is 0 Å². The molecule has 0 unspecified atom stereocenters. The number of nitrogens with one attached hydrogen (secondary N) is 2. The number of imide groups is 1. The third-order valence-electron chi connectivity index (χ3n) is 4.72. The van der Waals surface area contributed by atoms with E-state index in [9.17, 15) is 19.2 Å². The van der Waals surface area contributed by atoms with Crippen LogP contribution in [0.1, 0.15) is 39.2 Å². The van der Waals surface area contributed by atoms with Gasteiger partial charge in [0.15, 0.2) is 6.10 Å². The molecule has 2 rings (SSSR count). The summed E-state index contributed by atoms with van der Waals surface area (Å²) in [5.74, 6) is -2.01. The average Bonchev–Trinajstić information content (AvgIpc) is 2.92. The zero-order valence-corrected chi connectivity index (χ0v) is 15.9. The molecule has 148 valence electrons. The zero-order chi connectivity index (χ0) is 20.9. The minimum Gasteiger partial charge on any atom is -0.451 e. The van der Waals surface area contributed by atoms with Crippen molar-refractivity contribution < 1.29 is 23.9 Å². The van der Waals surface area contributed by atoms with Crippen LogP contribution in [-0.2, 0) is 19.1 Å². The van der Waals surface area contributed by atoms with Gasteiger partial charge in [-0.15, -0.1) is 0 Å². The zero-order valence-electron chi connectivity index (χ0n) is 15.9. The molecule has 1 fully saturated rings. The van der Waals surface area contributed by atoms with Gasteiger partial charge in [0.1, 0.15) is 18.2 Å². The second kappa shape index (κ2) is 8.52. The van der Waals surface area contributed by atoms with Crippen LogP contribution in [0.5, 0.6) is 0 Å². The summed E-state index contributed by atoms with van der Waals surface area (Å²) in [6.45, 7) is 4.32. The molecule has 4 amide bonds. The number of para-hydroxylation sites is 1. The summed E-state index contributed by atoms with van der Waals surface area (Å²) in [4.78, 5) is 49.7. The normalized spacial score (nSPS) is 16.1. The molecule has 28 heavy (non-hydrogen) atoms. The molecule has 0 radical (unpaired) electrons. The maximum Gasteiger partial charge on any atom is 0.327 e. The lowest BCUT2D eigenvalue weighted by molar-refractivity contribution is -0.155. The average molecular weight is 386 g/mol. The Hall–Kier alpha value is -3.41. The number of benzene rings is 1. The standard InChI is InChI=1S/C19H22N4O5/c1-4-19(5-2)17(26)23(18(27)22-19)11-15(24)28-12(3)16(25)21-14-9-7-6-8-13(14)10-20/h6-9,12H,4-5,11H2,1-3H3,(H,21,25)(H,22,27)/t12-/m0/s1. The Morgan fingerprint density at radius 2 is 1.93 bits per heavy atom. The Morgan fingerprint density at radius 3 is 2.50 bits per heavy atom. The largest absolute Gasteiger partial charge is 0.451 e. The predicted octanol–water partition coefficient (Wildman–Crippen LogP) is 1.54. The number of nitrogens with zero attached hydrogens (tertiary/aromatic N) is 2. The van der Waals surface area contributed by atoms with Crippen molar-refractivity contribution in [1.29, 1.82) is 5.26 Å². The van der Waals surface area contributed by atoms with Gasteiger partial charge in [-0.05, 0) is 31.9 Å². The molecule has 2 N–H and O–H groups in total. The fourth-order valence-electron chi connectivity index (χ4n) is 2.89. The minimum atomic E-state index is -1.18. The van der Waals surface area contributed by atoms with E-state index in [1.807, 2.05) is 6.07 Å². The van der Waals surface area contributed by atoms with E-state index in [4.69, 9.17) is 10.00 Å². The smallest absolute Gasteiger partial charge is 0.327 e. The Balaban J connectivity index is 1.97. The summed E-state index contributed by atoms with van der Waals surface area (Å²) >= 11 is 0. The highest BCUT2D eigenvalue weighted by molar-refractivity contribution is 6.08. The van der Waals surface area contributed by atoms with E-state index in [2.05, 4.69) is 10.6 Å². The molecule has 0 spiro atoms. The Bertz CT molecular complexity index is 841. The Labute approximate surface area is 162 Å². The van der Waals surface area contributed by atoms with Crippen LogP contribution in [0.15, 0.2) is 24.3 Å². The molecule has 1 aliphatic heterocycles. The molecule has 1 heterocycles. The van der Waals surface area contributed by atoms with Gasteiger partial charge in [-0.3, -0.25) is 19.3 Å². The first-order valence-electron chi connectivity index (χ1n) is 8.91. The van der Waals surface area contributed by atoms with Crippen molar-refractivity contribution in [1.82, 2.24) is 10.2 Å². The lowest BCUT2D eigenvalue weighted by Gasteiger charge is -2.23. The van der Waals surface area contributed by atoms with Crippen LogP contribution >= 0.6 is 0 Å². The van der Waals surface area contributed by atoms with Crippen LogP contribution in [0.25, 0.3) is 0 Å². The van der Waals surface area contributed by atoms with Crippen molar-refractivity contribution in [2.24, 2.45) is 0 Å². The monoisotopic (exact) mass is 386 g/mol. The van der Waals surface area contributed by atoms with Crippen molar-refractivity contribution in [3.63, 3.8) is 0 Å². The van der Waals surface area contributed by atoms with E-state index in [-0.39, 0.29) is 5.56 Å². The van der Waals surface area contributed by atoms with Gasteiger partial charge in [-0.1, -0.05) is 26.0 Å². The van der Waals surface area contributed by atoms with Gasteiger partial charge in [0.05, 0.1) is 11.3 Å². The maximum absolute atomic E-state index is 12.5. The molecule has 0 aliphatic carbocycles. The van der Waals surface area contributed by atoms with Crippen LogP contribution in [0.4, 0.5) is 10.5 Å². The summed E-state index contributed by atoms with van der Waals surface area (Å²) in [5, 5.41) is 14.2. The van der Waals surface area contributed by atoms with E-state index < -0.39 is 42.0 Å². The number of urea groups is 1. The maximum atomic E-state index is 12.5. The summed E-state index contributed by atoms with van der Waals surface area (Å²) in [6.07, 6.45) is -0.380. The lowest BCUT2D eigenvalue weighted by Crippen LogP contribution is -2.46. The van der Waals surface area contributed by atoms with Crippen LogP contribution in [0, 0.1) is 11.3 Å². The van der Waals surface area contributed by atoms with Gasteiger partial charge >= 0.3 is 12.0 Å². The van der Waals surface area contributed by atoms with Crippen LogP contribution < -0.4 is 10.6 Å². The molecule has 1 aromatic rings. The number of anilines is 1. The molecule has 0 aromatic heterocycles. The molecule has 1 atom stereocenters. The van der Waals surface area contributed by atoms with Gasteiger partial charge in [-0.25, -0.2) is 4.79 Å². The van der Waals surface area contributed by atoms with E-state index >= 15 is 0 Å².